The third kappa shape index (κ3) is 3.63. The minimum atomic E-state index is -0.345. The van der Waals surface area contributed by atoms with E-state index in [1.807, 2.05) is 30.3 Å². The molecule has 0 saturated carbocycles. The number of carbonyl (C=O) groups excluding carboxylic acids is 1. The Balaban J connectivity index is 2.22. The zero-order chi connectivity index (χ0) is 20.3. The van der Waals surface area contributed by atoms with E-state index >= 15 is 0 Å². The van der Waals surface area contributed by atoms with Gasteiger partial charge in [-0.25, -0.2) is 4.79 Å². The van der Waals surface area contributed by atoms with Crippen LogP contribution in [0.3, 0.4) is 0 Å². The molecule has 1 atom stereocenters. The van der Waals surface area contributed by atoms with Gasteiger partial charge in [0.1, 0.15) is 5.75 Å². The number of amides is 1. The molecule has 0 radical (unpaired) electrons. The molecule has 6 nitrogen and oxygen atoms in total. The van der Waals surface area contributed by atoms with Crippen LogP contribution in [-0.4, -0.2) is 45.5 Å². The van der Waals surface area contributed by atoms with E-state index < -0.39 is 0 Å². The highest BCUT2D eigenvalue weighted by atomic mass is 79.9. The largest absolute Gasteiger partial charge is 0.497 e. The number of nitrogens with zero attached hydrogens (tertiary/aromatic N) is 1. The average Bonchev–Trinajstić information content (AvgIpc) is 2.72. The molecule has 1 amide bonds. The summed E-state index contributed by atoms with van der Waals surface area (Å²) in [5.41, 5.74) is 2.99. The Kier molecular flexibility index (Phi) is 6.34. The highest BCUT2D eigenvalue weighted by Gasteiger charge is 2.36. The van der Waals surface area contributed by atoms with Gasteiger partial charge in [-0.15, -0.1) is 0 Å². The second kappa shape index (κ2) is 8.73. The maximum absolute atomic E-state index is 12.7. The molecule has 0 aliphatic carbocycles. The lowest BCUT2D eigenvalue weighted by Gasteiger charge is -2.38. The van der Waals surface area contributed by atoms with Crippen molar-refractivity contribution in [3.05, 3.63) is 51.5 Å². The molecule has 1 heterocycles. The van der Waals surface area contributed by atoms with E-state index in [2.05, 4.69) is 15.9 Å². The van der Waals surface area contributed by atoms with Gasteiger partial charge in [0.2, 0.25) is 0 Å². The minimum Gasteiger partial charge on any atom is -0.497 e. The van der Waals surface area contributed by atoms with Crippen LogP contribution in [0.4, 0.5) is 4.79 Å². The van der Waals surface area contributed by atoms with Crippen molar-refractivity contribution in [3.63, 3.8) is 0 Å². The summed E-state index contributed by atoms with van der Waals surface area (Å²) in [5, 5.41) is 0. The zero-order valence-corrected chi connectivity index (χ0v) is 18.0. The highest BCUT2D eigenvalue weighted by molar-refractivity contribution is 9.10. The van der Waals surface area contributed by atoms with Crippen molar-refractivity contribution < 1.29 is 23.7 Å². The second-order valence-electron chi connectivity index (χ2n) is 6.32. The Morgan fingerprint density at radius 2 is 1.96 bits per heavy atom. The summed E-state index contributed by atoms with van der Waals surface area (Å²) >= 11 is 3.69. The fourth-order valence-corrected chi connectivity index (χ4v) is 4.43. The molecule has 28 heavy (non-hydrogen) atoms. The first-order chi connectivity index (χ1) is 13.5. The van der Waals surface area contributed by atoms with Crippen molar-refractivity contribution >= 4 is 22.0 Å². The first-order valence-corrected chi connectivity index (χ1v) is 9.85. The molecule has 2 aromatic rings. The first kappa shape index (κ1) is 20.3. The lowest BCUT2D eigenvalue weighted by atomic mass is 9.87. The van der Waals surface area contributed by atoms with Crippen LogP contribution in [0, 0.1) is 0 Å². The maximum atomic E-state index is 12.7. The fraction of sp³-hybridized carbons (Fsp3) is 0.381. The maximum Gasteiger partial charge on any atom is 0.410 e. The van der Waals surface area contributed by atoms with Gasteiger partial charge in [0.15, 0.2) is 11.5 Å². The van der Waals surface area contributed by atoms with Gasteiger partial charge in [-0.2, -0.15) is 0 Å². The van der Waals surface area contributed by atoms with E-state index in [1.165, 1.54) is 0 Å². The summed E-state index contributed by atoms with van der Waals surface area (Å²) in [6.45, 7) is 2.66. The number of hydrogen-bond acceptors (Lipinski definition) is 5. The highest BCUT2D eigenvalue weighted by Crippen LogP contribution is 2.47. The molecule has 0 fully saturated rings. The molecule has 2 aromatic carbocycles. The first-order valence-electron chi connectivity index (χ1n) is 9.06. The molecule has 0 bridgehead atoms. The number of benzene rings is 2. The van der Waals surface area contributed by atoms with E-state index in [9.17, 15) is 4.79 Å². The molecule has 1 unspecified atom stereocenters. The molecule has 1 aliphatic rings. The number of fused-ring (bicyclic) bond motifs is 1. The van der Waals surface area contributed by atoms with Gasteiger partial charge in [0.25, 0.3) is 0 Å². The van der Waals surface area contributed by atoms with Crippen molar-refractivity contribution in [1.29, 1.82) is 0 Å². The molecule has 7 heteroatoms. The second-order valence-corrected chi connectivity index (χ2v) is 7.11. The van der Waals surface area contributed by atoms with Gasteiger partial charge < -0.3 is 18.9 Å². The fourth-order valence-electron chi connectivity index (χ4n) is 3.60. The molecule has 150 valence electrons. The van der Waals surface area contributed by atoms with E-state index in [0.29, 0.717) is 31.1 Å². The Hall–Kier alpha value is -2.41. The lowest BCUT2D eigenvalue weighted by molar-refractivity contribution is 0.0934. The van der Waals surface area contributed by atoms with Crippen LogP contribution in [0.25, 0.3) is 0 Å². The number of halogens is 1. The van der Waals surface area contributed by atoms with Crippen molar-refractivity contribution in [2.24, 2.45) is 0 Å². The molecule has 0 aromatic heterocycles. The van der Waals surface area contributed by atoms with Crippen molar-refractivity contribution in [2.75, 3.05) is 34.5 Å². The van der Waals surface area contributed by atoms with E-state index in [1.54, 1.807) is 33.2 Å². The summed E-state index contributed by atoms with van der Waals surface area (Å²) in [6.07, 6.45) is 0.343. The van der Waals surface area contributed by atoms with Gasteiger partial charge in [-0.05, 0) is 58.6 Å². The Morgan fingerprint density at radius 1 is 1.18 bits per heavy atom. The molecule has 0 N–H and O–H groups in total. The van der Waals surface area contributed by atoms with E-state index in [0.717, 1.165) is 26.9 Å². The van der Waals surface area contributed by atoms with Gasteiger partial charge >= 0.3 is 6.09 Å². The monoisotopic (exact) mass is 449 g/mol. The zero-order valence-electron chi connectivity index (χ0n) is 16.5. The van der Waals surface area contributed by atoms with E-state index in [4.69, 9.17) is 18.9 Å². The quantitative estimate of drug-likeness (QED) is 0.668. The standard InChI is InChI=1S/C21H24BrNO5/c1-5-28-21(24)23-10-9-13-12-16(26-3)20(27-4)18(22)17(13)19(23)14-7-6-8-15(11-14)25-2/h6-8,11-12,19H,5,9-10H2,1-4H3. The van der Waals surface area contributed by atoms with Crippen LogP contribution >= 0.6 is 15.9 Å². The summed E-state index contributed by atoms with van der Waals surface area (Å²) < 4.78 is 22.6. The Morgan fingerprint density at radius 3 is 2.61 bits per heavy atom. The number of ether oxygens (including phenoxy) is 4. The summed E-state index contributed by atoms with van der Waals surface area (Å²) in [6, 6.07) is 9.36. The smallest absolute Gasteiger partial charge is 0.410 e. The van der Waals surface area contributed by atoms with Crippen LogP contribution in [0.2, 0.25) is 0 Å². The van der Waals surface area contributed by atoms with Gasteiger partial charge in [-0.1, -0.05) is 12.1 Å². The van der Waals surface area contributed by atoms with Crippen LogP contribution in [0.15, 0.2) is 34.8 Å². The van der Waals surface area contributed by atoms with Crippen molar-refractivity contribution in [3.8, 4) is 17.2 Å². The predicted octanol–water partition coefficient (Wildman–Crippen LogP) is 4.58. The minimum absolute atomic E-state index is 0.320. The third-order valence-corrected chi connectivity index (χ3v) is 5.64. The number of methoxy groups -OCH3 is 3. The normalized spacial score (nSPS) is 15.6. The summed E-state index contributed by atoms with van der Waals surface area (Å²) in [7, 11) is 4.84. The molecule has 0 spiro atoms. The van der Waals surface area contributed by atoms with Crippen LogP contribution in [0.1, 0.15) is 29.7 Å². The third-order valence-electron chi connectivity index (χ3n) is 4.85. The predicted molar refractivity (Wildman–Crippen MR) is 110 cm³/mol. The Bertz CT molecular complexity index is 870. The van der Waals surface area contributed by atoms with Gasteiger partial charge in [-0.3, -0.25) is 4.90 Å². The topological polar surface area (TPSA) is 57.2 Å². The molecule has 1 aliphatic heterocycles. The molecular weight excluding hydrogens is 426 g/mol. The van der Waals surface area contributed by atoms with Gasteiger partial charge in [0, 0.05) is 12.1 Å². The number of hydrogen-bond donors (Lipinski definition) is 0. The van der Waals surface area contributed by atoms with Crippen LogP contribution < -0.4 is 14.2 Å². The number of carbonyl (C=O) groups is 1. The number of rotatable bonds is 5. The van der Waals surface area contributed by atoms with Crippen LogP contribution in [-0.2, 0) is 11.2 Å². The van der Waals surface area contributed by atoms with Gasteiger partial charge in [0.05, 0.1) is 38.5 Å². The van der Waals surface area contributed by atoms with Crippen LogP contribution in [0.5, 0.6) is 17.2 Å². The average molecular weight is 450 g/mol. The summed E-state index contributed by atoms with van der Waals surface area (Å²) in [5.74, 6) is 1.98. The SMILES string of the molecule is CCOC(=O)N1CCc2cc(OC)c(OC)c(Br)c2C1c1cccc(OC)c1. The van der Waals surface area contributed by atoms with Crippen molar-refractivity contribution in [2.45, 2.75) is 19.4 Å². The van der Waals surface area contributed by atoms with Crippen molar-refractivity contribution in [1.82, 2.24) is 4.90 Å². The molecule has 0 saturated heterocycles. The summed E-state index contributed by atoms with van der Waals surface area (Å²) in [4.78, 5) is 14.5. The lowest BCUT2D eigenvalue weighted by Crippen LogP contribution is -2.41. The van der Waals surface area contributed by atoms with E-state index in [-0.39, 0.29) is 12.1 Å². The molecular formula is C21H24BrNO5. The Labute approximate surface area is 173 Å². The molecule has 3 rings (SSSR count).